The van der Waals surface area contributed by atoms with Gasteiger partial charge in [0.05, 0.1) is 5.69 Å². The molecule has 0 fully saturated rings. The highest BCUT2D eigenvalue weighted by Gasteiger charge is 2.20. The zero-order valence-corrected chi connectivity index (χ0v) is 13.8. The topological polar surface area (TPSA) is 95.6 Å². The molecule has 25 heavy (non-hydrogen) atoms. The van der Waals surface area contributed by atoms with E-state index in [0.29, 0.717) is 17.3 Å². The first-order valence-electron chi connectivity index (χ1n) is 7.82. The van der Waals surface area contributed by atoms with Crippen molar-refractivity contribution >= 4 is 5.82 Å². The molecule has 0 radical (unpaired) electrons. The molecule has 0 saturated carbocycles. The van der Waals surface area contributed by atoms with E-state index in [2.05, 4.69) is 20.5 Å². The average Bonchev–Trinajstić information content (AvgIpc) is 3.23. The molecular weight excluding hydrogens is 316 g/mol. The van der Waals surface area contributed by atoms with Gasteiger partial charge in [-0.25, -0.2) is 0 Å². The van der Waals surface area contributed by atoms with Gasteiger partial charge in [-0.2, -0.15) is 9.67 Å². The highest BCUT2D eigenvalue weighted by Crippen LogP contribution is 2.27. The van der Waals surface area contributed by atoms with Crippen LogP contribution in [0.4, 0.5) is 5.82 Å². The molecule has 4 rings (SSSR count). The summed E-state index contributed by atoms with van der Waals surface area (Å²) in [7, 11) is 0. The minimum Gasteiger partial charge on any atom is -0.382 e. The molecule has 0 aliphatic rings. The van der Waals surface area contributed by atoms with Crippen LogP contribution in [0.5, 0.6) is 0 Å². The Bertz CT molecular complexity index is 1030. The van der Waals surface area contributed by atoms with Gasteiger partial charge in [-0.15, -0.1) is 5.10 Å². The molecule has 0 spiro atoms. The Balaban J connectivity index is 1.72. The number of aromatic nitrogens is 5. The Morgan fingerprint density at radius 1 is 1.00 bits per heavy atom. The van der Waals surface area contributed by atoms with Crippen molar-refractivity contribution in [2.45, 2.75) is 13.8 Å². The smallest absolute Gasteiger partial charge is 0.282 e. The number of rotatable bonds is 3. The summed E-state index contributed by atoms with van der Waals surface area (Å²) >= 11 is 0. The van der Waals surface area contributed by atoms with Crippen molar-refractivity contribution in [2.75, 3.05) is 5.73 Å². The maximum Gasteiger partial charge on any atom is 0.282 e. The van der Waals surface area contributed by atoms with Crippen molar-refractivity contribution in [3.8, 4) is 28.7 Å². The van der Waals surface area contributed by atoms with Crippen LogP contribution in [-0.4, -0.2) is 25.1 Å². The van der Waals surface area contributed by atoms with Crippen LogP contribution in [0.15, 0.2) is 53.1 Å². The third-order valence-corrected chi connectivity index (χ3v) is 4.00. The molecule has 124 valence electrons. The molecule has 2 aromatic carbocycles. The Kier molecular flexibility index (Phi) is 3.53. The van der Waals surface area contributed by atoms with Crippen LogP contribution in [0.25, 0.3) is 28.7 Å². The van der Waals surface area contributed by atoms with E-state index < -0.39 is 0 Å². The lowest BCUT2D eigenvalue weighted by Gasteiger charge is -2.02. The average molecular weight is 332 g/mol. The predicted octanol–water partition coefficient (Wildman–Crippen LogP) is 3.18. The second kappa shape index (κ2) is 5.86. The molecule has 0 aliphatic carbocycles. The number of nitrogen functional groups attached to an aromatic ring is 1. The highest BCUT2D eigenvalue weighted by atomic mass is 16.5. The molecule has 2 heterocycles. The summed E-state index contributed by atoms with van der Waals surface area (Å²) in [6, 6.07) is 15.7. The minimum absolute atomic E-state index is 0.245. The van der Waals surface area contributed by atoms with Gasteiger partial charge in [-0.05, 0) is 31.5 Å². The van der Waals surface area contributed by atoms with Gasteiger partial charge < -0.3 is 10.3 Å². The number of nitrogens with zero attached hydrogens (tertiary/aromatic N) is 5. The van der Waals surface area contributed by atoms with Crippen LogP contribution < -0.4 is 5.73 Å². The molecule has 2 N–H and O–H groups in total. The fourth-order valence-electron chi connectivity index (χ4n) is 2.57. The zero-order valence-electron chi connectivity index (χ0n) is 13.8. The summed E-state index contributed by atoms with van der Waals surface area (Å²) in [6.07, 6.45) is 0. The molecule has 7 heteroatoms. The first-order chi connectivity index (χ1) is 12.1. The summed E-state index contributed by atoms with van der Waals surface area (Å²) in [5.74, 6) is 1.09. The second-order valence-corrected chi connectivity index (χ2v) is 5.81. The second-order valence-electron chi connectivity index (χ2n) is 5.81. The van der Waals surface area contributed by atoms with Crippen LogP contribution in [0, 0.1) is 13.8 Å². The van der Waals surface area contributed by atoms with Gasteiger partial charge in [-0.3, -0.25) is 0 Å². The number of benzene rings is 2. The van der Waals surface area contributed by atoms with E-state index >= 15 is 0 Å². The fraction of sp³-hybridized carbons (Fsp3) is 0.111. The quantitative estimate of drug-likeness (QED) is 0.619. The van der Waals surface area contributed by atoms with E-state index in [4.69, 9.17) is 10.3 Å². The van der Waals surface area contributed by atoms with E-state index in [1.165, 1.54) is 0 Å². The van der Waals surface area contributed by atoms with Crippen LogP contribution in [0.3, 0.4) is 0 Å². The highest BCUT2D eigenvalue weighted by molar-refractivity contribution is 5.67. The predicted molar refractivity (Wildman–Crippen MR) is 94.0 cm³/mol. The van der Waals surface area contributed by atoms with Crippen LogP contribution in [0.2, 0.25) is 0 Å². The van der Waals surface area contributed by atoms with Gasteiger partial charge in [0.2, 0.25) is 5.82 Å². The van der Waals surface area contributed by atoms with Gasteiger partial charge in [0.15, 0.2) is 11.5 Å². The largest absolute Gasteiger partial charge is 0.382 e. The molecule has 4 aromatic rings. The van der Waals surface area contributed by atoms with Gasteiger partial charge in [0.1, 0.15) is 0 Å². The number of hydrogen-bond donors (Lipinski definition) is 1. The number of hydrogen-bond acceptors (Lipinski definition) is 6. The van der Waals surface area contributed by atoms with Crippen molar-refractivity contribution in [1.29, 1.82) is 0 Å². The first kappa shape index (κ1) is 15.1. The SMILES string of the molecule is Cc1ccc(-n2nnc(-c3nc(-c4ccccc4C)no3)c2N)cc1. The molecule has 0 atom stereocenters. The van der Waals surface area contributed by atoms with Crippen molar-refractivity contribution in [3.05, 3.63) is 59.7 Å². The number of aryl methyl sites for hydroxylation is 2. The Morgan fingerprint density at radius 2 is 1.76 bits per heavy atom. The van der Waals surface area contributed by atoms with Crippen LogP contribution in [-0.2, 0) is 0 Å². The third kappa shape index (κ3) is 2.65. The standard InChI is InChI=1S/C18H16N6O/c1-11-7-9-13(10-8-11)24-16(19)15(21-23-24)18-20-17(22-25-18)14-6-4-3-5-12(14)2/h3-10H,19H2,1-2H3. The van der Waals surface area contributed by atoms with Crippen molar-refractivity contribution in [3.63, 3.8) is 0 Å². The molecule has 0 saturated heterocycles. The first-order valence-corrected chi connectivity index (χ1v) is 7.82. The van der Waals surface area contributed by atoms with E-state index in [1.54, 1.807) is 4.68 Å². The fourth-order valence-corrected chi connectivity index (χ4v) is 2.57. The molecule has 2 aromatic heterocycles. The van der Waals surface area contributed by atoms with Gasteiger partial charge in [0, 0.05) is 5.56 Å². The third-order valence-electron chi connectivity index (χ3n) is 4.00. The van der Waals surface area contributed by atoms with Crippen LogP contribution >= 0.6 is 0 Å². The van der Waals surface area contributed by atoms with E-state index in [-0.39, 0.29) is 5.89 Å². The summed E-state index contributed by atoms with van der Waals surface area (Å²) < 4.78 is 6.90. The lowest BCUT2D eigenvalue weighted by molar-refractivity contribution is 0.431. The lowest BCUT2D eigenvalue weighted by atomic mass is 10.1. The summed E-state index contributed by atoms with van der Waals surface area (Å²) in [4.78, 5) is 4.42. The maximum atomic E-state index is 6.19. The van der Waals surface area contributed by atoms with Crippen LogP contribution in [0.1, 0.15) is 11.1 Å². The number of nitrogens with two attached hydrogens (primary N) is 1. The molecule has 0 amide bonds. The normalized spacial score (nSPS) is 11.0. The van der Waals surface area contributed by atoms with Crippen molar-refractivity contribution in [1.82, 2.24) is 25.1 Å². The summed E-state index contributed by atoms with van der Waals surface area (Å²) in [5, 5.41) is 12.3. The molecule has 0 unspecified atom stereocenters. The maximum absolute atomic E-state index is 6.19. The number of anilines is 1. The van der Waals surface area contributed by atoms with Gasteiger partial charge in [0.25, 0.3) is 5.89 Å². The monoisotopic (exact) mass is 332 g/mol. The van der Waals surface area contributed by atoms with E-state index in [9.17, 15) is 0 Å². The van der Waals surface area contributed by atoms with Crippen molar-refractivity contribution in [2.24, 2.45) is 0 Å². The lowest BCUT2D eigenvalue weighted by Crippen LogP contribution is -2.02. The zero-order chi connectivity index (χ0) is 17.4. The van der Waals surface area contributed by atoms with Gasteiger partial charge in [-0.1, -0.05) is 52.3 Å². The minimum atomic E-state index is 0.245. The summed E-state index contributed by atoms with van der Waals surface area (Å²) in [5.41, 5.74) is 10.5. The molecule has 0 aliphatic heterocycles. The van der Waals surface area contributed by atoms with Gasteiger partial charge >= 0.3 is 0 Å². The Labute approximate surface area is 144 Å². The molecule has 7 nitrogen and oxygen atoms in total. The summed E-state index contributed by atoms with van der Waals surface area (Å²) in [6.45, 7) is 4.01. The molecular formula is C18H16N6O. The Morgan fingerprint density at radius 3 is 2.52 bits per heavy atom. The Hall–Kier alpha value is -3.48. The van der Waals surface area contributed by atoms with Crippen molar-refractivity contribution < 1.29 is 4.52 Å². The molecule has 0 bridgehead atoms. The van der Waals surface area contributed by atoms with E-state index in [1.807, 2.05) is 62.4 Å². The van der Waals surface area contributed by atoms with E-state index in [0.717, 1.165) is 22.4 Å².